The van der Waals surface area contributed by atoms with Gasteiger partial charge in [0.05, 0.1) is 9.50 Å². The van der Waals surface area contributed by atoms with Gasteiger partial charge in [-0.15, -0.1) is 0 Å². The average Bonchev–Trinajstić information content (AvgIpc) is 3.03. The first-order chi connectivity index (χ1) is 10.2. The molecule has 1 aliphatic heterocycles. The number of nitrogens with zero attached hydrogens (tertiary/aromatic N) is 1. The van der Waals surface area contributed by atoms with Crippen LogP contribution in [-0.2, 0) is 0 Å². The lowest BCUT2D eigenvalue weighted by atomic mass is 9.89. The Morgan fingerprint density at radius 2 is 1.90 bits per heavy atom. The van der Waals surface area contributed by atoms with Crippen molar-refractivity contribution in [3.8, 4) is 5.75 Å². The molecule has 0 aromatic heterocycles. The average molecular weight is 374 g/mol. The Labute approximate surface area is 139 Å². The molecule has 5 heteroatoms. The Balaban J connectivity index is 1.96. The second-order valence-electron chi connectivity index (χ2n) is 6.07. The van der Waals surface area contributed by atoms with Crippen LogP contribution < -0.4 is 5.32 Å². The minimum Gasteiger partial charge on any atom is -0.506 e. The van der Waals surface area contributed by atoms with Crippen LogP contribution >= 0.6 is 27.5 Å². The number of aromatic hydroxyl groups is 1. The summed E-state index contributed by atoms with van der Waals surface area (Å²) in [5.41, 5.74) is 1.03. The van der Waals surface area contributed by atoms with Crippen LogP contribution in [0.25, 0.3) is 0 Å². The molecule has 3 nitrogen and oxygen atoms in total. The molecule has 1 saturated carbocycles. The van der Waals surface area contributed by atoms with E-state index < -0.39 is 0 Å². The number of piperazine rings is 1. The van der Waals surface area contributed by atoms with Crippen molar-refractivity contribution in [3.63, 3.8) is 0 Å². The van der Waals surface area contributed by atoms with E-state index in [1.165, 1.54) is 25.7 Å². The van der Waals surface area contributed by atoms with Crippen molar-refractivity contribution in [2.45, 2.75) is 31.7 Å². The Morgan fingerprint density at radius 3 is 2.57 bits per heavy atom. The van der Waals surface area contributed by atoms with Gasteiger partial charge in [0.1, 0.15) is 5.75 Å². The van der Waals surface area contributed by atoms with E-state index in [0.717, 1.165) is 31.7 Å². The van der Waals surface area contributed by atoms with Crippen molar-refractivity contribution in [2.75, 3.05) is 26.2 Å². The van der Waals surface area contributed by atoms with Crippen molar-refractivity contribution in [3.05, 3.63) is 27.2 Å². The van der Waals surface area contributed by atoms with Crippen LogP contribution in [0.3, 0.4) is 0 Å². The molecule has 1 atom stereocenters. The van der Waals surface area contributed by atoms with Gasteiger partial charge in [0.15, 0.2) is 0 Å². The molecule has 116 valence electrons. The zero-order valence-corrected chi connectivity index (χ0v) is 14.5. The van der Waals surface area contributed by atoms with Crippen molar-refractivity contribution in [1.29, 1.82) is 0 Å². The highest BCUT2D eigenvalue weighted by atomic mass is 79.9. The molecule has 0 spiro atoms. The van der Waals surface area contributed by atoms with Gasteiger partial charge in [-0.3, -0.25) is 4.90 Å². The van der Waals surface area contributed by atoms with Crippen molar-refractivity contribution in [1.82, 2.24) is 10.2 Å². The molecule has 0 bridgehead atoms. The normalized spacial score (nSPS) is 22.6. The summed E-state index contributed by atoms with van der Waals surface area (Å²) in [6.07, 6.45) is 5.13. The van der Waals surface area contributed by atoms with Crippen LogP contribution in [0.15, 0.2) is 16.6 Å². The molecule has 2 fully saturated rings. The lowest BCUT2D eigenvalue weighted by Crippen LogP contribution is -2.46. The molecule has 1 heterocycles. The monoisotopic (exact) mass is 372 g/mol. The van der Waals surface area contributed by atoms with E-state index in [1.54, 1.807) is 0 Å². The molecule has 0 amide bonds. The summed E-state index contributed by atoms with van der Waals surface area (Å²) < 4.78 is 0.625. The van der Waals surface area contributed by atoms with Gasteiger partial charge in [-0.25, -0.2) is 0 Å². The second-order valence-corrected chi connectivity index (χ2v) is 7.27. The first-order valence-electron chi connectivity index (χ1n) is 7.80. The summed E-state index contributed by atoms with van der Waals surface area (Å²) in [6.45, 7) is 4.14. The third kappa shape index (κ3) is 3.24. The van der Waals surface area contributed by atoms with Crippen LogP contribution in [0.1, 0.15) is 37.3 Å². The van der Waals surface area contributed by atoms with Gasteiger partial charge >= 0.3 is 0 Å². The standard InChI is InChI=1S/C16H22BrClN2O/c17-14-13(18)6-5-12(16(14)21)15(11-3-1-2-4-11)20-9-7-19-8-10-20/h5-6,11,15,19,21H,1-4,7-10H2/t15-/m1/s1. The third-order valence-electron chi connectivity index (χ3n) is 4.81. The summed E-state index contributed by atoms with van der Waals surface area (Å²) in [4.78, 5) is 2.53. The largest absolute Gasteiger partial charge is 0.506 e. The van der Waals surface area contributed by atoms with Crippen molar-refractivity contribution >= 4 is 27.5 Å². The third-order valence-corrected chi connectivity index (χ3v) is 6.16. The number of nitrogens with one attached hydrogen (secondary N) is 1. The Kier molecular flexibility index (Phi) is 5.10. The molecule has 0 unspecified atom stereocenters. The quantitative estimate of drug-likeness (QED) is 0.842. The maximum Gasteiger partial charge on any atom is 0.136 e. The zero-order valence-electron chi connectivity index (χ0n) is 12.1. The molecule has 21 heavy (non-hydrogen) atoms. The fourth-order valence-corrected chi connectivity index (χ4v) is 4.29. The van der Waals surface area contributed by atoms with E-state index in [4.69, 9.17) is 11.6 Å². The fraction of sp³-hybridized carbons (Fsp3) is 0.625. The Morgan fingerprint density at radius 1 is 1.24 bits per heavy atom. The fourth-order valence-electron chi connectivity index (χ4n) is 3.78. The summed E-state index contributed by atoms with van der Waals surface area (Å²) >= 11 is 9.52. The molecule has 1 aromatic carbocycles. The minimum absolute atomic E-state index is 0.308. The summed E-state index contributed by atoms with van der Waals surface area (Å²) in [6, 6.07) is 4.21. The number of rotatable bonds is 3. The van der Waals surface area contributed by atoms with Gasteiger partial charge in [-0.1, -0.05) is 30.5 Å². The smallest absolute Gasteiger partial charge is 0.136 e. The maximum absolute atomic E-state index is 10.6. The van der Waals surface area contributed by atoms with Crippen molar-refractivity contribution < 1.29 is 5.11 Å². The molecular formula is C16H22BrClN2O. The van der Waals surface area contributed by atoms with Crippen molar-refractivity contribution in [2.24, 2.45) is 5.92 Å². The molecular weight excluding hydrogens is 352 g/mol. The number of hydrogen-bond donors (Lipinski definition) is 2. The number of benzene rings is 1. The van der Waals surface area contributed by atoms with E-state index >= 15 is 0 Å². The number of hydrogen-bond acceptors (Lipinski definition) is 3. The highest BCUT2D eigenvalue weighted by molar-refractivity contribution is 9.10. The SMILES string of the molecule is Oc1c([C@@H](C2CCCC2)N2CCNCC2)ccc(Cl)c1Br. The van der Waals surface area contributed by atoms with E-state index in [0.29, 0.717) is 27.2 Å². The predicted molar refractivity (Wildman–Crippen MR) is 90.0 cm³/mol. The van der Waals surface area contributed by atoms with E-state index in [-0.39, 0.29) is 0 Å². The highest BCUT2D eigenvalue weighted by Gasteiger charge is 2.34. The van der Waals surface area contributed by atoms with E-state index in [9.17, 15) is 5.11 Å². The molecule has 2 N–H and O–H groups in total. The van der Waals surface area contributed by atoms with Crippen LogP contribution in [0, 0.1) is 5.92 Å². The number of halogens is 2. The number of phenolic OH excluding ortho intramolecular Hbond substituents is 1. The van der Waals surface area contributed by atoms with Crippen LogP contribution in [0.5, 0.6) is 5.75 Å². The van der Waals surface area contributed by atoms with Crippen LogP contribution in [0.2, 0.25) is 5.02 Å². The van der Waals surface area contributed by atoms with Gasteiger partial charge in [0, 0.05) is 37.8 Å². The molecule has 1 saturated heterocycles. The van der Waals surface area contributed by atoms with Gasteiger partial charge in [-0.05, 0) is 40.8 Å². The predicted octanol–water partition coefficient (Wildman–Crippen LogP) is 3.94. The molecule has 2 aliphatic rings. The lowest BCUT2D eigenvalue weighted by Gasteiger charge is -2.39. The summed E-state index contributed by atoms with van der Waals surface area (Å²) in [7, 11) is 0. The maximum atomic E-state index is 10.6. The molecule has 0 radical (unpaired) electrons. The van der Waals surface area contributed by atoms with Gasteiger partial charge < -0.3 is 10.4 Å². The second kappa shape index (κ2) is 6.86. The Bertz CT molecular complexity index is 499. The molecule has 1 aromatic rings. The van der Waals surface area contributed by atoms with E-state index in [2.05, 4.69) is 26.1 Å². The van der Waals surface area contributed by atoms with Gasteiger partial charge in [0.25, 0.3) is 0 Å². The minimum atomic E-state index is 0.308. The van der Waals surface area contributed by atoms with Gasteiger partial charge in [0.2, 0.25) is 0 Å². The first-order valence-corrected chi connectivity index (χ1v) is 8.97. The first kappa shape index (κ1) is 15.6. The molecule has 3 rings (SSSR count). The van der Waals surface area contributed by atoms with Crippen LogP contribution in [0.4, 0.5) is 0 Å². The summed E-state index contributed by atoms with van der Waals surface area (Å²) in [5, 5.41) is 14.5. The van der Waals surface area contributed by atoms with Gasteiger partial charge in [-0.2, -0.15) is 0 Å². The topological polar surface area (TPSA) is 35.5 Å². The summed E-state index contributed by atoms with van der Waals surface area (Å²) in [5.74, 6) is 0.958. The molecule has 1 aliphatic carbocycles. The lowest BCUT2D eigenvalue weighted by molar-refractivity contribution is 0.123. The number of phenols is 1. The zero-order chi connectivity index (χ0) is 14.8. The van der Waals surface area contributed by atoms with E-state index in [1.807, 2.05) is 12.1 Å². The van der Waals surface area contributed by atoms with Crippen LogP contribution in [-0.4, -0.2) is 36.2 Å². The Hall–Kier alpha value is -0.290. The highest BCUT2D eigenvalue weighted by Crippen LogP contribution is 2.45.